The highest BCUT2D eigenvalue weighted by Gasteiger charge is 2.55. The van der Waals surface area contributed by atoms with Gasteiger partial charge < -0.3 is 9.84 Å². The molecule has 0 rings (SSSR count). The molecule has 3 nitrogen and oxygen atoms in total. The lowest BCUT2D eigenvalue weighted by Crippen LogP contribution is -2.44. The minimum Gasteiger partial charge on any atom is -0.450 e. The molecule has 78 valence electrons. The summed E-state index contributed by atoms with van der Waals surface area (Å²) in [7, 11) is 0. The van der Waals surface area contributed by atoms with Gasteiger partial charge >= 0.3 is 18.0 Å². The highest BCUT2D eigenvalue weighted by Crippen LogP contribution is 2.36. The summed E-state index contributed by atoms with van der Waals surface area (Å²) >= 11 is 0. The van der Waals surface area contributed by atoms with Gasteiger partial charge in [-0.25, -0.2) is 4.79 Å². The Morgan fingerprint density at radius 3 is 2.08 bits per heavy atom. The van der Waals surface area contributed by atoms with Crippen LogP contribution in [0.1, 0.15) is 13.3 Å². The van der Waals surface area contributed by atoms with Crippen LogP contribution in [0.4, 0.5) is 22.4 Å². The molecule has 0 aromatic carbocycles. The number of halogens is 4. The van der Waals surface area contributed by atoms with E-state index in [1.165, 1.54) is 0 Å². The molecule has 0 bridgehead atoms. The summed E-state index contributed by atoms with van der Waals surface area (Å²) in [6, 6.07) is 0. The van der Waals surface area contributed by atoms with Crippen molar-refractivity contribution in [1.29, 1.82) is 0 Å². The number of hydrogen-bond donors (Lipinski definition) is 1. The summed E-state index contributed by atoms with van der Waals surface area (Å²) in [6.07, 6.45) is -3.09. The van der Waals surface area contributed by atoms with E-state index in [9.17, 15) is 22.4 Å². The van der Waals surface area contributed by atoms with E-state index in [1.807, 2.05) is 0 Å². The zero-order valence-electron chi connectivity index (χ0n) is 6.69. The number of rotatable bonds is 4. The van der Waals surface area contributed by atoms with E-state index >= 15 is 0 Å². The Labute approximate surface area is 71.3 Å². The van der Waals surface area contributed by atoms with Crippen molar-refractivity contribution < 1.29 is 32.2 Å². The minimum absolute atomic E-state index is 0.870. The fourth-order valence-corrected chi connectivity index (χ4v) is 0.517. The van der Waals surface area contributed by atoms with Crippen LogP contribution in [0.5, 0.6) is 0 Å². The van der Waals surface area contributed by atoms with E-state index < -0.39 is 31.0 Å². The highest BCUT2D eigenvalue weighted by molar-refractivity contribution is 5.56. The summed E-state index contributed by atoms with van der Waals surface area (Å²) in [4.78, 5) is 9.66. The molecule has 0 unspecified atom stereocenters. The lowest BCUT2D eigenvalue weighted by Gasteiger charge is -2.24. The first-order chi connectivity index (χ1) is 5.73. The number of hydrogen-bond acceptors (Lipinski definition) is 2. The second-order valence-corrected chi connectivity index (χ2v) is 2.32. The number of alkyl halides is 4. The molecule has 0 heterocycles. The Balaban J connectivity index is 4.30. The van der Waals surface area contributed by atoms with Crippen LogP contribution in [0.2, 0.25) is 0 Å². The van der Waals surface area contributed by atoms with Gasteiger partial charge in [0.1, 0.15) is 0 Å². The van der Waals surface area contributed by atoms with Gasteiger partial charge in [-0.05, 0) is 0 Å². The molecule has 0 aromatic heterocycles. The number of carbonyl (C=O) groups is 1. The first-order valence-corrected chi connectivity index (χ1v) is 3.34. The Bertz CT molecular complexity index is 192. The lowest BCUT2D eigenvalue weighted by atomic mass is 10.1. The molecule has 0 aliphatic carbocycles. The van der Waals surface area contributed by atoms with Crippen molar-refractivity contribution in [2.75, 3.05) is 6.61 Å². The monoisotopic (exact) mass is 204 g/mol. The predicted octanol–water partition coefficient (Wildman–Crippen LogP) is 2.36. The molecule has 7 heteroatoms. The third-order valence-corrected chi connectivity index (χ3v) is 1.36. The molecular formula is C6H8F4O3. The Hall–Kier alpha value is -1.01. The first kappa shape index (κ1) is 12.0. The molecule has 0 fully saturated rings. The van der Waals surface area contributed by atoms with Crippen molar-refractivity contribution in [3.05, 3.63) is 0 Å². The Kier molecular flexibility index (Phi) is 3.50. The Morgan fingerprint density at radius 1 is 1.31 bits per heavy atom. The number of carboxylic acid groups (broad SMARTS) is 1. The zero-order valence-corrected chi connectivity index (χ0v) is 6.69. The molecule has 0 radical (unpaired) electrons. The lowest BCUT2D eigenvalue weighted by molar-refractivity contribution is -0.227. The SMILES string of the molecule is CCC(F)(F)C(F)(F)COC(=O)O. The van der Waals surface area contributed by atoms with Gasteiger partial charge in [-0.3, -0.25) is 0 Å². The summed E-state index contributed by atoms with van der Waals surface area (Å²) in [5.74, 6) is -8.71. The molecule has 0 saturated carbocycles. The molecule has 0 aromatic rings. The van der Waals surface area contributed by atoms with E-state index in [0.29, 0.717) is 0 Å². The maximum Gasteiger partial charge on any atom is 0.505 e. The van der Waals surface area contributed by atoms with Crippen LogP contribution in [0.15, 0.2) is 0 Å². The van der Waals surface area contributed by atoms with E-state index in [1.54, 1.807) is 0 Å². The average Bonchev–Trinajstić information content (AvgIpc) is 2.01. The number of ether oxygens (including phenoxy) is 1. The summed E-state index contributed by atoms with van der Waals surface area (Å²) < 4.78 is 52.9. The summed E-state index contributed by atoms with van der Waals surface area (Å²) in [5.41, 5.74) is 0. The summed E-state index contributed by atoms with van der Waals surface area (Å²) in [6.45, 7) is -0.960. The van der Waals surface area contributed by atoms with Gasteiger partial charge in [-0.2, -0.15) is 17.6 Å². The molecule has 0 amide bonds. The normalized spacial score (nSPS) is 12.7. The quantitative estimate of drug-likeness (QED) is 0.564. The van der Waals surface area contributed by atoms with Crippen molar-refractivity contribution in [3.8, 4) is 0 Å². The maximum absolute atomic E-state index is 12.4. The fourth-order valence-electron chi connectivity index (χ4n) is 0.517. The smallest absolute Gasteiger partial charge is 0.450 e. The first-order valence-electron chi connectivity index (χ1n) is 3.34. The third kappa shape index (κ3) is 3.08. The van der Waals surface area contributed by atoms with Gasteiger partial charge in [0, 0.05) is 6.42 Å². The van der Waals surface area contributed by atoms with Crippen LogP contribution >= 0.6 is 0 Å². The van der Waals surface area contributed by atoms with Crippen molar-refractivity contribution in [2.45, 2.75) is 25.2 Å². The van der Waals surface area contributed by atoms with Crippen molar-refractivity contribution in [2.24, 2.45) is 0 Å². The van der Waals surface area contributed by atoms with Gasteiger partial charge in [0.05, 0.1) is 0 Å². The van der Waals surface area contributed by atoms with E-state index in [2.05, 4.69) is 4.74 Å². The predicted molar refractivity (Wildman–Crippen MR) is 34.2 cm³/mol. The molecule has 0 aliphatic heterocycles. The molecule has 0 saturated heterocycles. The van der Waals surface area contributed by atoms with Crippen LogP contribution in [-0.2, 0) is 4.74 Å². The largest absolute Gasteiger partial charge is 0.505 e. The maximum atomic E-state index is 12.4. The zero-order chi connectivity index (χ0) is 10.7. The standard InChI is InChI=1S/C6H8F4O3/c1-2-5(7,8)6(9,10)3-13-4(11)12/h2-3H2,1H3,(H,11,12). The van der Waals surface area contributed by atoms with Gasteiger partial charge in [0.2, 0.25) is 0 Å². The summed E-state index contributed by atoms with van der Waals surface area (Å²) in [5, 5.41) is 7.81. The van der Waals surface area contributed by atoms with Crippen LogP contribution in [0.3, 0.4) is 0 Å². The van der Waals surface area contributed by atoms with Crippen LogP contribution in [-0.4, -0.2) is 29.7 Å². The van der Waals surface area contributed by atoms with Crippen LogP contribution < -0.4 is 0 Å². The minimum atomic E-state index is -4.46. The fraction of sp³-hybridized carbons (Fsp3) is 0.833. The van der Waals surface area contributed by atoms with Gasteiger partial charge in [-0.15, -0.1) is 0 Å². The average molecular weight is 204 g/mol. The third-order valence-electron chi connectivity index (χ3n) is 1.36. The van der Waals surface area contributed by atoms with Gasteiger partial charge in [-0.1, -0.05) is 6.92 Å². The van der Waals surface area contributed by atoms with Crippen molar-refractivity contribution in [3.63, 3.8) is 0 Å². The molecule has 0 aliphatic rings. The Morgan fingerprint density at radius 2 is 1.77 bits per heavy atom. The molecule has 13 heavy (non-hydrogen) atoms. The molecular weight excluding hydrogens is 196 g/mol. The second-order valence-electron chi connectivity index (χ2n) is 2.32. The van der Waals surface area contributed by atoms with Gasteiger partial charge in [0.25, 0.3) is 0 Å². The van der Waals surface area contributed by atoms with E-state index in [-0.39, 0.29) is 0 Å². The second kappa shape index (κ2) is 3.80. The topological polar surface area (TPSA) is 46.5 Å². The van der Waals surface area contributed by atoms with Gasteiger partial charge in [0.15, 0.2) is 6.61 Å². The van der Waals surface area contributed by atoms with E-state index in [0.717, 1.165) is 6.92 Å². The van der Waals surface area contributed by atoms with E-state index in [4.69, 9.17) is 5.11 Å². The highest BCUT2D eigenvalue weighted by atomic mass is 19.3. The van der Waals surface area contributed by atoms with Crippen molar-refractivity contribution >= 4 is 6.16 Å². The van der Waals surface area contributed by atoms with Crippen LogP contribution in [0.25, 0.3) is 0 Å². The molecule has 0 spiro atoms. The molecule has 0 atom stereocenters. The molecule has 1 N–H and O–H groups in total. The van der Waals surface area contributed by atoms with Crippen LogP contribution in [0, 0.1) is 0 Å². The van der Waals surface area contributed by atoms with Crippen molar-refractivity contribution in [1.82, 2.24) is 0 Å².